The molecule has 3 heteroatoms. The summed E-state index contributed by atoms with van der Waals surface area (Å²) in [5, 5.41) is 0. The van der Waals surface area contributed by atoms with Gasteiger partial charge in [0.25, 0.3) is 0 Å². The molecule has 0 saturated heterocycles. The van der Waals surface area contributed by atoms with E-state index in [9.17, 15) is 9.18 Å². The van der Waals surface area contributed by atoms with Crippen LogP contribution in [0.4, 0.5) is 4.39 Å². The van der Waals surface area contributed by atoms with Crippen molar-refractivity contribution >= 4 is 5.78 Å². The zero-order valence-electron chi connectivity index (χ0n) is 10.3. The maximum absolute atomic E-state index is 13.2. The van der Waals surface area contributed by atoms with Gasteiger partial charge < -0.3 is 4.74 Å². The molecule has 0 atom stereocenters. The van der Waals surface area contributed by atoms with Crippen molar-refractivity contribution < 1.29 is 13.9 Å². The second-order valence-corrected chi connectivity index (χ2v) is 3.79. The fourth-order valence-electron chi connectivity index (χ4n) is 1.58. The average molecular weight is 254 g/mol. The third-order valence-electron chi connectivity index (χ3n) is 2.50. The number of hydrogen-bond acceptors (Lipinski definition) is 2. The van der Waals surface area contributed by atoms with Gasteiger partial charge in [-0.1, -0.05) is 24.1 Å². The maximum atomic E-state index is 13.2. The molecule has 19 heavy (non-hydrogen) atoms. The maximum Gasteiger partial charge on any atom is 0.240 e. The van der Waals surface area contributed by atoms with Gasteiger partial charge in [-0.3, -0.25) is 4.79 Å². The van der Waals surface area contributed by atoms with Gasteiger partial charge in [0.15, 0.2) is 0 Å². The minimum absolute atomic E-state index is 0.130. The SMILES string of the molecule is COc1ccc(F)cc1C(=O)C#Cc1ccccc1. The Balaban J connectivity index is 2.31. The van der Waals surface area contributed by atoms with E-state index in [2.05, 4.69) is 11.8 Å². The lowest BCUT2D eigenvalue weighted by Crippen LogP contribution is -2.00. The van der Waals surface area contributed by atoms with E-state index in [4.69, 9.17) is 4.74 Å². The van der Waals surface area contributed by atoms with Crippen LogP contribution in [0.25, 0.3) is 0 Å². The van der Waals surface area contributed by atoms with Crippen LogP contribution < -0.4 is 4.74 Å². The van der Waals surface area contributed by atoms with Crippen molar-refractivity contribution in [3.05, 3.63) is 65.5 Å². The van der Waals surface area contributed by atoms with E-state index in [-0.39, 0.29) is 5.56 Å². The highest BCUT2D eigenvalue weighted by molar-refractivity contribution is 6.11. The normalized spacial score (nSPS) is 9.37. The summed E-state index contributed by atoms with van der Waals surface area (Å²) in [6, 6.07) is 12.9. The van der Waals surface area contributed by atoms with E-state index in [1.165, 1.54) is 19.2 Å². The molecule has 0 radical (unpaired) electrons. The number of ether oxygens (including phenoxy) is 1. The van der Waals surface area contributed by atoms with E-state index >= 15 is 0 Å². The number of carbonyl (C=O) groups excluding carboxylic acids is 1. The Kier molecular flexibility index (Phi) is 3.94. The Bertz CT molecular complexity index is 651. The van der Waals surface area contributed by atoms with Crippen LogP contribution in [-0.4, -0.2) is 12.9 Å². The first kappa shape index (κ1) is 12.8. The number of Topliss-reactive ketones (excluding diaryl/α,β-unsaturated/α-hetero) is 1. The third-order valence-corrected chi connectivity index (χ3v) is 2.50. The molecule has 0 aliphatic carbocycles. The molecule has 0 fully saturated rings. The highest BCUT2D eigenvalue weighted by atomic mass is 19.1. The van der Waals surface area contributed by atoms with Crippen LogP contribution >= 0.6 is 0 Å². The highest BCUT2D eigenvalue weighted by Gasteiger charge is 2.11. The Morgan fingerprint density at radius 1 is 1.16 bits per heavy atom. The predicted octanol–water partition coefficient (Wildman–Crippen LogP) is 3.07. The fraction of sp³-hybridized carbons (Fsp3) is 0.0625. The van der Waals surface area contributed by atoms with Gasteiger partial charge in [-0.25, -0.2) is 4.39 Å². The number of hydrogen-bond donors (Lipinski definition) is 0. The molecule has 94 valence electrons. The minimum atomic E-state index is -0.495. The topological polar surface area (TPSA) is 26.3 Å². The molecule has 0 amide bonds. The smallest absolute Gasteiger partial charge is 0.240 e. The zero-order chi connectivity index (χ0) is 13.7. The van der Waals surface area contributed by atoms with Crippen LogP contribution in [0.3, 0.4) is 0 Å². The van der Waals surface area contributed by atoms with E-state index in [1.807, 2.05) is 18.2 Å². The van der Waals surface area contributed by atoms with E-state index in [0.717, 1.165) is 11.6 Å². The molecular formula is C16H11FO2. The van der Waals surface area contributed by atoms with Crippen molar-refractivity contribution in [2.75, 3.05) is 7.11 Å². The van der Waals surface area contributed by atoms with Crippen LogP contribution in [0.5, 0.6) is 5.75 Å². The number of ketones is 1. The number of halogens is 1. The molecule has 0 N–H and O–H groups in total. The van der Waals surface area contributed by atoms with Crippen LogP contribution in [0.2, 0.25) is 0 Å². The predicted molar refractivity (Wildman–Crippen MR) is 70.6 cm³/mol. The molecule has 2 aromatic carbocycles. The first-order valence-corrected chi connectivity index (χ1v) is 5.65. The summed E-state index contributed by atoms with van der Waals surface area (Å²) in [7, 11) is 1.43. The van der Waals surface area contributed by atoms with Gasteiger partial charge in [0.05, 0.1) is 12.7 Å². The Hall–Kier alpha value is -2.60. The lowest BCUT2D eigenvalue weighted by Gasteiger charge is -2.03. The van der Waals surface area contributed by atoms with Gasteiger partial charge in [-0.2, -0.15) is 0 Å². The first-order chi connectivity index (χ1) is 9.20. The molecule has 0 aliphatic rings. The standard InChI is InChI=1S/C16H11FO2/c1-19-16-10-8-13(17)11-14(16)15(18)9-7-12-5-3-2-4-6-12/h2-6,8,10-11H,1H3. The number of rotatable bonds is 2. The van der Waals surface area contributed by atoms with Crippen LogP contribution in [-0.2, 0) is 0 Å². The van der Waals surface area contributed by atoms with Gasteiger partial charge in [-0.15, -0.1) is 0 Å². The van der Waals surface area contributed by atoms with Gasteiger partial charge in [-0.05, 0) is 36.3 Å². The summed E-state index contributed by atoms with van der Waals surface area (Å²) in [4.78, 5) is 11.9. The van der Waals surface area contributed by atoms with Crippen LogP contribution in [0.15, 0.2) is 48.5 Å². The lowest BCUT2D eigenvalue weighted by molar-refractivity contribution is 0.105. The second kappa shape index (κ2) is 5.83. The molecule has 0 aliphatic heterocycles. The van der Waals surface area contributed by atoms with E-state index in [0.29, 0.717) is 5.75 Å². The summed E-state index contributed by atoms with van der Waals surface area (Å²) in [5.41, 5.74) is 0.858. The summed E-state index contributed by atoms with van der Waals surface area (Å²) in [5.74, 6) is 4.56. The van der Waals surface area contributed by atoms with E-state index < -0.39 is 11.6 Å². The molecule has 0 bridgehead atoms. The van der Waals surface area contributed by atoms with Gasteiger partial charge in [0.2, 0.25) is 5.78 Å². The Labute approximate surface area is 110 Å². The molecule has 2 rings (SSSR count). The summed E-state index contributed by atoms with van der Waals surface area (Å²) >= 11 is 0. The highest BCUT2D eigenvalue weighted by Crippen LogP contribution is 2.19. The second-order valence-electron chi connectivity index (χ2n) is 3.79. The minimum Gasteiger partial charge on any atom is -0.496 e. The molecule has 0 saturated carbocycles. The summed E-state index contributed by atoms with van der Waals surface area (Å²) in [6.07, 6.45) is 0. The largest absolute Gasteiger partial charge is 0.496 e. The van der Waals surface area contributed by atoms with Gasteiger partial charge in [0.1, 0.15) is 11.6 Å². The summed E-state index contributed by atoms with van der Waals surface area (Å²) in [6.45, 7) is 0. The average Bonchev–Trinajstić information content (AvgIpc) is 2.46. The van der Waals surface area contributed by atoms with Gasteiger partial charge in [0, 0.05) is 5.56 Å². The molecular weight excluding hydrogens is 243 g/mol. The Morgan fingerprint density at radius 2 is 1.89 bits per heavy atom. The van der Waals surface area contributed by atoms with E-state index in [1.54, 1.807) is 12.1 Å². The van der Waals surface area contributed by atoms with Crippen molar-refractivity contribution in [3.63, 3.8) is 0 Å². The first-order valence-electron chi connectivity index (χ1n) is 5.65. The van der Waals surface area contributed by atoms with Crippen LogP contribution in [0.1, 0.15) is 15.9 Å². The number of benzene rings is 2. The van der Waals surface area contributed by atoms with Crippen molar-refractivity contribution in [2.24, 2.45) is 0 Å². The zero-order valence-corrected chi connectivity index (χ0v) is 10.3. The Morgan fingerprint density at radius 3 is 2.58 bits per heavy atom. The van der Waals surface area contributed by atoms with Crippen molar-refractivity contribution in [1.82, 2.24) is 0 Å². The molecule has 2 aromatic rings. The van der Waals surface area contributed by atoms with Crippen molar-refractivity contribution in [3.8, 4) is 17.6 Å². The molecule has 0 unspecified atom stereocenters. The fourth-order valence-corrected chi connectivity index (χ4v) is 1.58. The quantitative estimate of drug-likeness (QED) is 0.608. The van der Waals surface area contributed by atoms with Crippen LogP contribution in [0, 0.1) is 17.7 Å². The molecule has 0 heterocycles. The lowest BCUT2D eigenvalue weighted by atomic mass is 10.1. The molecule has 2 nitrogen and oxygen atoms in total. The number of carbonyl (C=O) groups is 1. The summed E-state index contributed by atoms with van der Waals surface area (Å²) < 4.78 is 18.2. The van der Waals surface area contributed by atoms with Crippen molar-refractivity contribution in [1.29, 1.82) is 0 Å². The molecule has 0 spiro atoms. The monoisotopic (exact) mass is 254 g/mol. The van der Waals surface area contributed by atoms with Crippen molar-refractivity contribution in [2.45, 2.75) is 0 Å². The molecule has 0 aromatic heterocycles. The third kappa shape index (κ3) is 3.20. The number of methoxy groups -OCH3 is 1. The van der Waals surface area contributed by atoms with Gasteiger partial charge >= 0.3 is 0 Å².